The number of nitrogens with zero attached hydrogens (tertiary/aromatic N) is 2. The first-order chi connectivity index (χ1) is 17.4. The van der Waals surface area contributed by atoms with Crippen LogP contribution in [0.3, 0.4) is 0 Å². The Labute approximate surface area is 219 Å². The Balaban J connectivity index is 1.49. The number of hydrogen-bond acceptors (Lipinski definition) is 4. The summed E-state index contributed by atoms with van der Waals surface area (Å²) in [6, 6.07) is 26.9. The van der Waals surface area contributed by atoms with Gasteiger partial charge in [0.25, 0.3) is 5.91 Å². The van der Waals surface area contributed by atoms with Gasteiger partial charge in [-0.2, -0.15) is 0 Å². The van der Waals surface area contributed by atoms with Crippen LogP contribution in [0.1, 0.15) is 11.1 Å². The molecule has 0 saturated carbocycles. The molecule has 180 valence electrons. The number of aliphatic imine (C=N–C) groups is 1. The van der Waals surface area contributed by atoms with Crippen LogP contribution in [-0.4, -0.2) is 37.1 Å². The standard InChI is InChI=1S/C28H23ClN4O2S/c1-33-23-13-12-19(29)15-22(23)25(17-8-4-3-5-9-17)31-26(27(33)34)32-28(36)30-20-14-18-10-6-7-11-21(18)24(16-20)35-2/h3-16,26H,1-2H3,(H2,30,32,36). The number of benzodiazepines with no additional fused rings is 1. The SMILES string of the molecule is COc1cc(NC(=S)NC2N=C(c3ccccc3)c3cc(Cl)ccc3N(C)C2=O)cc2ccccc12. The van der Waals surface area contributed by atoms with E-state index in [1.807, 2.05) is 78.9 Å². The molecule has 1 amide bonds. The molecule has 36 heavy (non-hydrogen) atoms. The van der Waals surface area contributed by atoms with E-state index in [4.69, 9.17) is 33.5 Å². The number of likely N-dealkylation sites (N-methyl/N-ethyl adjacent to an activating group) is 1. The quantitative estimate of drug-likeness (QED) is 0.346. The second kappa shape index (κ2) is 9.97. The van der Waals surface area contributed by atoms with Crippen molar-refractivity contribution in [2.24, 2.45) is 4.99 Å². The van der Waals surface area contributed by atoms with Crippen LogP contribution < -0.4 is 20.3 Å². The maximum atomic E-state index is 13.4. The topological polar surface area (TPSA) is 66.0 Å². The van der Waals surface area contributed by atoms with Crippen molar-refractivity contribution < 1.29 is 9.53 Å². The number of ether oxygens (including phenoxy) is 1. The third kappa shape index (κ3) is 4.63. The lowest BCUT2D eigenvalue weighted by atomic mass is 10.0. The fraction of sp³-hybridized carbons (Fsp3) is 0.107. The lowest BCUT2D eigenvalue weighted by molar-refractivity contribution is -0.119. The van der Waals surface area contributed by atoms with Crippen molar-refractivity contribution in [1.82, 2.24) is 5.32 Å². The highest BCUT2D eigenvalue weighted by Crippen LogP contribution is 2.31. The van der Waals surface area contributed by atoms with Gasteiger partial charge in [-0.25, -0.2) is 4.99 Å². The van der Waals surface area contributed by atoms with Crippen LogP contribution in [-0.2, 0) is 4.79 Å². The first kappa shape index (κ1) is 23.8. The van der Waals surface area contributed by atoms with Gasteiger partial charge in [-0.15, -0.1) is 0 Å². The average molecular weight is 515 g/mol. The minimum absolute atomic E-state index is 0.246. The molecule has 1 aliphatic rings. The van der Waals surface area contributed by atoms with Gasteiger partial charge in [-0.05, 0) is 41.9 Å². The van der Waals surface area contributed by atoms with Crippen molar-refractivity contribution in [3.63, 3.8) is 0 Å². The molecule has 1 aliphatic heterocycles. The van der Waals surface area contributed by atoms with Gasteiger partial charge in [0, 0.05) is 40.3 Å². The Morgan fingerprint density at radius 3 is 2.56 bits per heavy atom. The van der Waals surface area contributed by atoms with Crippen LogP contribution in [0.2, 0.25) is 5.02 Å². The fourth-order valence-electron chi connectivity index (χ4n) is 4.27. The number of anilines is 2. The minimum atomic E-state index is -0.946. The summed E-state index contributed by atoms with van der Waals surface area (Å²) in [6.45, 7) is 0. The van der Waals surface area contributed by atoms with Gasteiger partial charge < -0.3 is 20.3 Å². The predicted molar refractivity (Wildman–Crippen MR) is 151 cm³/mol. The van der Waals surface area contributed by atoms with E-state index in [9.17, 15) is 4.79 Å². The molecule has 0 bridgehead atoms. The van der Waals surface area contributed by atoms with Crippen LogP contribution in [0.4, 0.5) is 11.4 Å². The number of carbonyl (C=O) groups is 1. The molecule has 1 unspecified atom stereocenters. The average Bonchev–Trinajstić information content (AvgIpc) is 2.99. The van der Waals surface area contributed by atoms with Gasteiger partial charge in [0.2, 0.25) is 6.17 Å². The van der Waals surface area contributed by atoms with Gasteiger partial charge >= 0.3 is 0 Å². The Hall–Kier alpha value is -3.94. The van der Waals surface area contributed by atoms with E-state index in [0.717, 1.165) is 39.0 Å². The Bertz CT molecular complexity index is 1510. The Morgan fingerprint density at radius 2 is 1.78 bits per heavy atom. The maximum absolute atomic E-state index is 13.4. The number of thiocarbonyl (C=S) groups is 1. The minimum Gasteiger partial charge on any atom is -0.496 e. The fourth-order valence-corrected chi connectivity index (χ4v) is 4.68. The maximum Gasteiger partial charge on any atom is 0.272 e. The highest BCUT2D eigenvalue weighted by atomic mass is 35.5. The molecule has 8 heteroatoms. The molecular formula is C28H23ClN4O2S. The highest BCUT2D eigenvalue weighted by Gasteiger charge is 2.30. The highest BCUT2D eigenvalue weighted by molar-refractivity contribution is 7.80. The summed E-state index contributed by atoms with van der Waals surface area (Å²) in [4.78, 5) is 19.9. The van der Waals surface area contributed by atoms with E-state index < -0.39 is 6.17 Å². The van der Waals surface area contributed by atoms with E-state index in [1.54, 1.807) is 25.1 Å². The van der Waals surface area contributed by atoms with Crippen molar-refractivity contribution in [2.45, 2.75) is 6.17 Å². The molecule has 0 aromatic heterocycles. The number of fused-ring (bicyclic) bond motifs is 2. The summed E-state index contributed by atoms with van der Waals surface area (Å²) in [5.41, 5.74) is 3.74. The number of nitrogens with one attached hydrogen (secondary N) is 2. The zero-order valence-electron chi connectivity index (χ0n) is 19.7. The summed E-state index contributed by atoms with van der Waals surface area (Å²) < 4.78 is 5.56. The molecule has 4 aromatic carbocycles. The largest absolute Gasteiger partial charge is 0.496 e. The molecule has 5 rings (SSSR count). The van der Waals surface area contributed by atoms with Gasteiger partial charge in [0.1, 0.15) is 5.75 Å². The first-order valence-corrected chi connectivity index (χ1v) is 12.1. The molecule has 4 aromatic rings. The molecule has 6 nitrogen and oxygen atoms in total. The normalized spacial score (nSPS) is 15.1. The summed E-state index contributed by atoms with van der Waals surface area (Å²) >= 11 is 11.9. The zero-order valence-corrected chi connectivity index (χ0v) is 21.2. The van der Waals surface area contributed by atoms with Crippen LogP contribution in [0.15, 0.2) is 89.9 Å². The van der Waals surface area contributed by atoms with Gasteiger partial charge in [0.15, 0.2) is 5.11 Å². The number of carbonyl (C=O) groups excluding carboxylic acids is 1. The van der Waals surface area contributed by atoms with Crippen molar-refractivity contribution in [1.29, 1.82) is 0 Å². The van der Waals surface area contributed by atoms with E-state index in [-0.39, 0.29) is 11.0 Å². The molecule has 1 atom stereocenters. The molecule has 1 heterocycles. The number of halogens is 1. The van der Waals surface area contributed by atoms with Crippen molar-refractivity contribution in [3.05, 3.63) is 101 Å². The van der Waals surface area contributed by atoms with Crippen molar-refractivity contribution in [2.75, 3.05) is 24.4 Å². The number of rotatable bonds is 4. The van der Waals surface area contributed by atoms with Crippen LogP contribution in [0.25, 0.3) is 10.8 Å². The molecule has 0 spiro atoms. The zero-order chi connectivity index (χ0) is 25.2. The third-order valence-corrected chi connectivity index (χ3v) is 6.47. The summed E-state index contributed by atoms with van der Waals surface area (Å²) in [5.74, 6) is 0.477. The second-order valence-electron chi connectivity index (χ2n) is 8.30. The van der Waals surface area contributed by atoms with E-state index in [1.165, 1.54) is 0 Å². The lowest BCUT2D eigenvalue weighted by Gasteiger charge is -2.22. The number of hydrogen-bond donors (Lipinski definition) is 2. The third-order valence-electron chi connectivity index (χ3n) is 6.01. The summed E-state index contributed by atoms with van der Waals surface area (Å²) in [7, 11) is 3.35. The van der Waals surface area contributed by atoms with Crippen molar-refractivity contribution >= 4 is 62.7 Å². The smallest absolute Gasteiger partial charge is 0.272 e. The van der Waals surface area contributed by atoms with E-state index >= 15 is 0 Å². The van der Waals surface area contributed by atoms with Crippen LogP contribution >= 0.6 is 23.8 Å². The number of benzene rings is 4. The molecule has 0 fully saturated rings. The van der Waals surface area contributed by atoms with Gasteiger partial charge in [-0.1, -0.05) is 66.2 Å². The van der Waals surface area contributed by atoms with E-state index in [2.05, 4.69) is 10.6 Å². The molecular weight excluding hydrogens is 492 g/mol. The molecule has 0 aliphatic carbocycles. The molecule has 0 radical (unpaired) electrons. The Morgan fingerprint density at radius 1 is 1.03 bits per heavy atom. The number of methoxy groups -OCH3 is 1. The van der Waals surface area contributed by atoms with Crippen LogP contribution in [0.5, 0.6) is 5.75 Å². The lowest BCUT2D eigenvalue weighted by Crippen LogP contribution is -2.47. The monoisotopic (exact) mass is 514 g/mol. The van der Waals surface area contributed by atoms with Gasteiger partial charge in [-0.3, -0.25) is 4.79 Å². The molecule has 0 saturated heterocycles. The predicted octanol–water partition coefficient (Wildman–Crippen LogP) is 5.63. The first-order valence-electron chi connectivity index (χ1n) is 11.3. The summed E-state index contributed by atoms with van der Waals surface area (Å²) in [5, 5.41) is 9.09. The number of amides is 1. The van der Waals surface area contributed by atoms with Crippen molar-refractivity contribution in [3.8, 4) is 5.75 Å². The second-order valence-corrected chi connectivity index (χ2v) is 9.15. The van der Waals surface area contributed by atoms with E-state index in [0.29, 0.717) is 10.7 Å². The molecule has 2 N–H and O–H groups in total. The summed E-state index contributed by atoms with van der Waals surface area (Å²) in [6.07, 6.45) is -0.946. The van der Waals surface area contributed by atoms with Crippen LogP contribution in [0, 0.1) is 0 Å². The Kier molecular flexibility index (Phi) is 6.59. The van der Waals surface area contributed by atoms with Gasteiger partial charge in [0.05, 0.1) is 18.5 Å².